The zero-order valence-corrected chi connectivity index (χ0v) is 13.6. The van der Waals surface area contributed by atoms with Crippen molar-refractivity contribution in [2.45, 2.75) is 12.8 Å². The Morgan fingerprint density at radius 1 is 1.15 bits per heavy atom. The molecule has 1 saturated heterocycles. The van der Waals surface area contributed by atoms with Gasteiger partial charge in [-0.05, 0) is 24.6 Å². The first-order valence-electron chi connectivity index (χ1n) is 6.56. The fourth-order valence-electron chi connectivity index (χ4n) is 2.54. The highest BCUT2D eigenvalue weighted by Crippen LogP contribution is 2.27. The van der Waals surface area contributed by atoms with E-state index in [1.165, 1.54) is 11.3 Å². The Morgan fingerprint density at radius 2 is 1.85 bits per heavy atom. The van der Waals surface area contributed by atoms with Crippen molar-refractivity contribution in [1.29, 1.82) is 0 Å². The lowest BCUT2D eigenvalue weighted by Gasteiger charge is -2.29. The lowest BCUT2D eigenvalue weighted by molar-refractivity contribution is 0.122. The number of aromatic nitrogens is 1. The highest BCUT2D eigenvalue weighted by Gasteiger charge is 2.19. The lowest BCUT2D eigenvalue weighted by Crippen LogP contribution is -2.37. The van der Waals surface area contributed by atoms with Crippen molar-refractivity contribution >= 4 is 42.2 Å². The van der Waals surface area contributed by atoms with Crippen LogP contribution in [0, 0.1) is 0 Å². The van der Waals surface area contributed by atoms with Crippen LogP contribution in [0.4, 0.5) is 5.82 Å². The standard InChI is InChI=1S/C13H18ClN3O.2ClH/c14-11-9-10-1-3-15-4-2-12(10)16-13(11)17-5-7-18-8-6-17;;/h9,15H,1-8H2;2*1H. The molecule has 0 aromatic carbocycles. The van der Waals surface area contributed by atoms with Gasteiger partial charge in [-0.1, -0.05) is 11.6 Å². The van der Waals surface area contributed by atoms with Gasteiger partial charge in [0.1, 0.15) is 5.82 Å². The summed E-state index contributed by atoms with van der Waals surface area (Å²) >= 11 is 6.38. The molecule has 114 valence electrons. The molecule has 0 bridgehead atoms. The van der Waals surface area contributed by atoms with E-state index < -0.39 is 0 Å². The van der Waals surface area contributed by atoms with Gasteiger partial charge in [-0.3, -0.25) is 0 Å². The summed E-state index contributed by atoms with van der Waals surface area (Å²) in [5.41, 5.74) is 2.49. The third kappa shape index (κ3) is 3.89. The molecule has 3 heterocycles. The van der Waals surface area contributed by atoms with Gasteiger partial charge < -0.3 is 15.0 Å². The van der Waals surface area contributed by atoms with Gasteiger partial charge in [0.05, 0.1) is 18.2 Å². The first kappa shape index (κ1) is 17.8. The van der Waals surface area contributed by atoms with Gasteiger partial charge in [0, 0.05) is 31.7 Å². The van der Waals surface area contributed by atoms with Crippen LogP contribution in [0.1, 0.15) is 11.3 Å². The zero-order valence-electron chi connectivity index (χ0n) is 11.2. The molecule has 4 nitrogen and oxygen atoms in total. The average molecular weight is 341 g/mol. The number of nitrogens with one attached hydrogen (secondary N) is 1. The molecule has 0 unspecified atom stereocenters. The first-order chi connectivity index (χ1) is 8.84. The zero-order chi connectivity index (χ0) is 12.4. The Morgan fingerprint density at radius 3 is 2.60 bits per heavy atom. The average Bonchev–Trinajstić information content (AvgIpc) is 2.63. The molecular weight excluding hydrogens is 321 g/mol. The second-order valence-electron chi connectivity index (χ2n) is 4.75. The molecule has 1 aromatic heterocycles. The topological polar surface area (TPSA) is 37.4 Å². The largest absolute Gasteiger partial charge is 0.378 e. The number of nitrogens with zero attached hydrogens (tertiary/aromatic N) is 2. The molecule has 1 N–H and O–H groups in total. The number of hydrogen-bond donors (Lipinski definition) is 1. The molecule has 2 aliphatic rings. The maximum atomic E-state index is 6.38. The summed E-state index contributed by atoms with van der Waals surface area (Å²) in [6, 6.07) is 2.10. The van der Waals surface area contributed by atoms with Crippen molar-refractivity contribution < 1.29 is 4.74 Å². The molecule has 0 amide bonds. The molecular formula is C13H20Cl3N3O. The van der Waals surface area contributed by atoms with Crippen LogP contribution in [0.15, 0.2) is 6.07 Å². The third-order valence-electron chi connectivity index (χ3n) is 3.55. The van der Waals surface area contributed by atoms with Crippen LogP contribution in [0.2, 0.25) is 5.02 Å². The van der Waals surface area contributed by atoms with Gasteiger partial charge in [-0.15, -0.1) is 24.8 Å². The Balaban J connectivity index is 0.000001000. The summed E-state index contributed by atoms with van der Waals surface area (Å²) in [4.78, 5) is 7.02. The SMILES string of the molecule is Cl.Cl.Clc1cc2c(nc1N1CCOCC1)CCNCC2. The van der Waals surface area contributed by atoms with E-state index in [0.29, 0.717) is 0 Å². The van der Waals surface area contributed by atoms with Gasteiger partial charge in [0.15, 0.2) is 0 Å². The van der Waals surface area contributed by atoms with Crippen LogP contribution in [-0.4, -0.2) is 44.4 Å². The van der Waals surface area contributed by atoms with E-state index >= 15 is 0 Å². The summed E-state index contributed by atoms with van der Waals surface area (Å²) in [6.45, 7) is 5.30. The van der Waals surface area contributed by atoms with Gasteiger partial charge >= 0.3 is 0 Å². The van der Waals surface area contributed by atoms with Crippen LogP contribution in [0.25, 0.3) is 0 Å². The molecule has 20 heavy (non-hydrogen) atoms. The minimum absolute atomic E-state index is 0. The van der Waals surface area contributed by atoms with E-state index in [9.17, 15) is 0 Å². The number of anilines is 1. The second kappa shape index (κ2) is 8.25. The molecule has 0 aliphatic carbocycles. The first-order valence-corrected chi connectivity index (χ1v) is 6.94. The van der Waals surface area contributed by atoms with Crippen molar-refractivity contribution in [2.75, 3.05) is 44.3 Å². The summed E-state index contributed by atoms with van der Waals surface area (Å²) in [6.07, 6.45) is 2.01. The monoisotopic (exact) mass is 339 g/mol. The number of hydrogen-bond acceptors (Lipinski definition) is 4. The Bertz CT molecular complexity index is 439. The fourth-order valence-corrected chi connectivity index (χ4v) is 2.83. The Kier molecular flexibility index (Phi) is 7.34. The number of rotatable bonds is 1. The molecule has 3 rings (SSSR count). The minimum Gasteiger partial charge on any atom is -0.378 e. The van der Waals surface area contributed by atoms with Crippen LogP contribution in [-0.2, 0) is 17.6 Å². The number of pyridine rings is 1. The smallest absolute Gasteiger partial charge is 0.147 e. The van der Waals surface area contributed by atoms with Crippen LogP contribution in [0.5, 0.6) is 0 Å². The van der Waals surface area contributed by atoms with Crippen molar-refractivity contribution in [1.82, 2.24) is 10.3 Å². The maximum Gasteiger partial charge on any atom is 0.147 e. The normalized spacial score (nSPS) is 18.4. The maximum absolute atomic E-state index is 6.38. The quantitative estimate of drug-likeness (QED) is 0.849. The van der Waals surface area contributed by atoms with E-state index in [1.807, 2.05) is 0 Å². The Labute approximate surface area is 137 Å². The second-order valence-corrected chi connectivity index (χ2v) is 5.16. The number of halogens is 3. The summed E-state index contributed by atoms with van der Waals surface area (Å²) in [5.74, 6) is 0.931. The molecule has 0 radical (unpaired) electrons. The van der Waals surface area contributed by atoms with E-state index in [1.54, 1.807) is 0 Å². The molecule has 1 fully saturated rings. The van der Waals surface area contributed by atoms with E-state index in [4.69, 9.17) is 21.3 Å². The predicted molar refractivity (Wildman–Crippen MR) is 87.1 cm³/mol. The van der Waals surface area contributed by atoms with E-state index in [-0.39, 0.29) is 24.8 Å². The molecule has 7 heteroatoms. The summed E-state index contributed by atoms with van der Waals surface area (Å²) in [5, 5.41) is 4.17. The lowest BCUT2D eigenvalue weighted by atomic mass is 10.1. The number of fused-ring (bicyclic) bond motifs is 1. The van der Waals surface area contributed by atoms with E-state index in [2.05, 4.69) is 16.3 Å². The molecule has 2 aliphatic heterocycles. The predicted octanol–water partition coefficient (Wildman–Crippen LogP) is 2.10. The summed E-state index contributed by atoms with van der Waals surface area (Å²) in [7, 11) is 0. The molecule has 0 saturated carbocycles. The van der Waals surface area contributed by atoms with Gasteiger partial charge in [-0.25, -0.2) is 4.98 Å². The summed E-state index contributed by atoms with van der Waals surface area (Å²) < 4.78 is 5.37. The van der Waals surface area contributed by atoms with Crippen molar-refractivity contribution in [3.63, 3.8) is 0 Å². The molecule has 0 atom stereocenters. The number of ether oxygens (including phenoxy) is 1. The van der Waals surface area contributed by atoms with Crippen LogP contribution in [0.3, 0.4) is 0 Å². The van der Waals surface area contributed by atoms with Gasteiger partial charge in [0.25, 0.3) is 0 Å². The highest BCUT2D eigenvalue weighted by molar-refractivity contribution is 6.33. The fraction of sp³-hybridized carbons (Fsp3) is 0.615. The highest BCUT2D eigenvalue weighted by atomic mass is 35.5. The van der Waals surface area contributed by atoms with Gasteiger partial charge in [0.2, 0.25) is 0 Å². The molecule has 0 spiro atoms. The van der Waals surface area contributed by atoms with E-state index in [0.717, 1.165) is 63.1 Å². The van der Waals surface area contributed by atoms with Crippen molar-refractivity contribution in [2.24, 2.45) is 0 Å². The number of morpholine rings is 1. The minimum atomic E-state index is 0. The van der Waals surface area contributed by atoms with Gasteiger partial charge in [-0.2, -0.15) is 0 Å². The Hall–Kier alpha value is -0.260. The molecule has 1 aromatic rings. The van der Waals surface area contributed by atoms with Crippen molar-refractivity contribution in [3.8, 4) is 0 Å². The van der Waals surface area contributed by atoms with Crippen LogP contribution >= 0.6 is 36.4 Å². The van der Waals surface area contributed by atoms with Crippen LogP contribution < -0.4 is 10.2 Å². The third-order valence-corrected chi connectivity index (χ3v) is 3.82. The van der Waals surface area contributed by atoms with Crippen molar-refractivity contribution in [3.05, 3.63) is 22.3 Å².